The molecule has 2 fully saturated rings. The molecule has 29 heavy (non-hydrogen) atoms. The van der Waals surface area contributed by atoms with E-state index in [1.54, 1.807) is 0 Å². The van der Waals surface area contributed by atoms with Gasteiger partial charge in [-0.1, -0.05) is 19.3 Å². The van der Waals surface area contributed by atoms with Crippen LogP contribution in [-0.4, -0.2) is 73.7 Å². The fourth-order valence-electron chi connectivity index (χ4n) is 3.83. The molecule has 0 radical (unpaired) electrons. The van der Waals surface area contributed by atoms with E-state index in [4.69, 9.17) is 9.29 Å². The summed E-state index contributed by atoms with van der Waals surface area (Å²) in [6.07, 6.45) is 3.40. The van der Waals surface area contributed by atoms with Crippen LogP contribution < -0.4 is 5.32 Å². The van der Waals surface area contributed by atoms with Crippen molar-refractivity contribution in [1.29, 1.82) is 0 Å². The van der Waals surface area contributed by atoms with Crippen LogP contribution in [-0.2, 0) is 19.3 Å². The number of nitrogens with one attached hydrogen (secondary N) is 1. The molecule has 160 valence electrons. The molecule has 4 N–H and O–H groups in total. The van der Waals surface area contributed by atoms with Crippen LogP contribution in [0.25, 0.3) is 11.2 Å². The van der Waals surface area contributed by atoms with E-state index in [1.165, 1.54) is 23.6 Å². The number of rotatable bonds is 6. The first-order valence-corrected chi connectivity index (χ1v) is 10.8. The normalized spacial score (nSPS) is 28.8. The molecule has 1 aliphatic carbocycles. The quantitative estimate of drug-likeness (QED) is 0.456. The highest BCUT2D eigenvalue weighted by molar-refractivity contribution is 7.80. The van der Waals surface area contributed by atoms with Crippen molar-refractivity contribution >= 4 is 27.4 Å². The van der Waals surface area contributed by atoms with Gasteiger partial charge in [0.25, 0.3) is 0 Å². The highest BCUT2D eigenvalue weighted by Gasteiger charge is 2.45. The van der Waals surface area contributed by atoms with Crippen LogP contribution in [0.2, 0.25) is 0 Å². The van der Waals surface area contributed by atoms with Crippen molar-refractivity contribution in [2.75, 3.05) is 11.9 Å². The Morgan fingerprint density at radius 1 is 1.17 bits per heavy atom. The molecule has 0 unspecified atom stereocenters. The third-order valence-corrected chi connectivity index (χ3v) is 5.73. The molecular weight excluding hydrogens is 406 g/mol. The van der Waals surface area contributed by atoms with E-state index >= 15 is 0 Å². The summed E-state index contributed by atoms with van der Waals surface area (Å²) in [6, 6.07) is 0.309. The first-order valence-electron chi connectivity index (χ1n) is 9.41. The molecule has 2 aromatic heterocycles. The Hall–Kier alpha value is -1.90. The van der Waals surface area contributed by atoms with Crippen molar-refractivity contribution in [3.05, 3.63) is 12.7 Å². The van der Waals surface area contributed by atoms with Gasteiger partial charge in [0.05, 0.1) is 12.9 Å². The minimum atomic E-state index is -4.70. The molecule has 12 nitrogen and oxygen atoms in total. The van der Waals surface area contributed by atoms with Crippen molar-refractivity contribution in [3.8, 4) is 0 Å². The number of aromatic nitrogens is 4. The van der Waals surface area contributed by atoms with Gasteiger partial charge in [-0.05, 0) is 12.8 Å². The third-order valence-electron chi connectivity index (χ3n) is 5.30. The van der Waals surface area contributed by atoms with Gasteiger partial charge in [-0.2, -0.15) is 8.42 Å². The van der Waals surface area contributed by atoms with Crippen LogP contribution in [0, 0.1) is 0 Å². The molecule has 2 aromatic rings. The maximum absolute atomic E-state index is 10.8. The number of hydrogen-bond acceptors (Lipinski definition) is 10. The fraction of sp³-hybridized carbons (Fsp3) is 0.688. The Balaban J connectivity index is 1.55. The lowest BCUT2D eigenvalue weighted by Gasteiger charge is -2.23. The molecule has 1 saturated carbocycles. The standard InChI is InChI=1S/C16H23N5O7S/c22-12-10(6-27-29(24,25)26)28-16(13(12)23)21-8-19-11-14(17-7-18-15(11)21)20-9-4-2-1-3-5-9/h7-10,12-13,16,22-23H,1-6H2,(H,17,18,20)(H,24,25,26)/t10-,12-,13-,16-/m1/s1. The van der Waals surface area contributed by atoms with Gasteiger partial charge in [0, 0.05) is 6.04 Å². The van der Waals surface area contributed by atoms with E-state index in [0.29, 0.717) is 23.0 Å². The monoisotopic (exact) mass is 429 g/mol. The molecule has 4 rings (SSSR count). The average Bonchev–Trinajstić information content (AvgIpc) is 3.23. The Labute approximate surface area is 166 Å². The van der Waals surface area contributed by atoms with E-state index in [1.807, 2.05) is 0 Å². The predicted molar refractivity (Wildman–Crippen MR) is 99.2 cm³/mol. The van der Waals surface area contributed by atoms with E-state index in [9.17, 15) is 18.6 Å². The zero-order valence-corrected chi connectivity index (χ0v) is 16.3. The van der Waals surface area contributed by atoms with Crippen LogP contribution in [0.3, 0.4) is 0 Å². The molecule has 1 aliphatic heterocycles. The van der Waals surface area contributed by atoms with Gasteiger partial charge in [-0.15, -0.1) is 0 Å². The number of anilines is 1. The summed E-state index contributed by atoms with van der Waals surface area (Å²) >= 11 is 0. The van der Waals surface area contributed by atoms with Crippen LogP contribution >= 0.6 is 0 Å². The lowest BCUT2D eigenvalue weighted by molar-refractivity contribution is -0.0478. The molecule has 0 amide bonds. The smallest absolute Gasteiger partial charge is 0.387 e. The van der Waals surface area contributed by atoms with Gasteiger partial charge in [-0.3, -0.25) is 9.12 Å². The maximum Gasteiger partial charge on any atom is 0.397 e. The third kappa shape index (κ3) is 4.34. The number of hydrogen-bond donors (Lipinski definition) is 4. The molecule has 13 heteroatoms. The van der Waals surface area contributed by atoms with Crippen molar-refractivity contribution in [3.63, 3.8) is 0 Å². The Morgan fingerprint density at radius 3 is 2.66 bits per heavy atom. The van der Waals surface area contributed by atoms with Crippen LogP contribution in [0.5, 0.6) is 0 Å². The predicted octanol–water partition coefficient (Wildman–Crippen LogP) is 0.00950. The molecular formula is C16H23N5O7S. The Morgan fingerprint density at radius 2 is 1.93 bits per heavy atom. The van der Waals surface area contributed by atoms with E-state index in [0.717, 1.165) is 25.7 Å². The van der Waals surface area contributed by atoms with Crippen LogP contribution in [0.1, 0.15) is 38.3 Å². The minimum absolute atomic E-state index is 0.309. The van der Waals surface area contributed by atoms with Gasteiger partial charge in [0.1, 0.15) is 24.6 Å². The Kier molecular flexibility index (Phi) is 5.68. The highest BCUT2D eigenvalue weighted by Crippen LogP contribution is 2.33. The first kappa shape index (κ1) is 20.4. The van der Waals surface area contributed by atoms with Crippen molar-refractivity contribution in [2.24, 2.45) is 0 Å². The van der Waals surface area contributed by atoms with Crippen molar-refractivity contribution in [1.82, 2.24) is 19.5 Å². The summed E-state index contributed by atoms with van der Waals surface area (Å²) in [6.45, 7) is -0.649. The maximum atomic E-state index is 10.8. The van der Waals surface area contributed by atoms with Crippen LogP contribution in [0.4, 0.5) is 5.82 Å². The number of ether oxygens (including phenoxy) is 1. The van der Waals surface area contributed by atoms with Crippen molar-refractivity contribution in [2.45, 2.75) is 62.7 Å². The molecule has 0 bridgehead atoms. The first-order chi connectivity index (χ1) is 13.8. The van der Waals surface area contributed by atoms with E-state index < -0.39 is 41.5 Å². The van der Waals surface area contributed by atoms with Gasteiger partial charge in [0.2, 0.25) is 0 Å². The zero-order chi connectivity index (χ0) is 20.6. The topological polar surface area (TPSA) is 169 Å². The summed E-state index contributed by atoms with van der Waals surface area (Å²) in [4.78, 5) is 12.8. The van der Waals surface area contributed by atoms with Crippen LogP contribution in [0.15, 0.2) is 12.7 Å². The molecule has 2 aliphatic rings. The summed E-state index contributed by atoms with van der Waals surface area (Å²) in [5, 5.41) is 23.9. The Bertz CT molecular complexity index is 962. The number of aliphatic hydroxyl groups is 2. The molecule has 0 aromatic carbocycles. The van der Waals surface area contributed by atoms with E-state index in [-0.39, 0.29) is 0 Å². The van der Waals surface area contributed by atoms with Gasteiger partial charge in [-0.25, -0.2) is 19.1 Å². The number of aliphatic hydroxyl groups excluding tert-OH is 2. The largest absolute Gasteiger partial charge is 0.397 e. The number of imidazole rings is 1. The second-order valence-electron chi connectivity index (χ2n) is 7.28. The zero-order valence-electron chi connectivity index (χ0n) is 15.5. The van der Waals surface area contributed by atoms with Crippen molar-refractivity contribution < 1.29 is 32.1 Å². The average molecular weight is 429 g/mol. The molecule has 3 heterocycles. The fourth-order valence-corrected chi connectivity index (χ4v) is 4.14. The highest BCUT2D eigenvalue weighted by atomic mass is 32.3. The molecule has 0 spiro atoms. The van der Waals surface area contributed by atoms with E-state index in [2.05, 4.69) is 24.5 Å². The summed E-state index contributed by atoms with van der Waals surface area (Å²) < 4.78 is 41.5. The minimum Gasteiger partial charge on any atom is -0.387 e. The van der Waals surface area contributed by atoms with Gasteiger partial charge in [0.15, 0.2) is 23.2 Å². The number of fused-ring (bicyclic) bond motifs is 1. The lowest BCUT2D eigenvalue weighted by Crippen LogP contribution is -2.34. The second kappa shape index (κ2) is 8.08. The van der Waals surface area contributed by atoms with Gasteiger partial charge >= 0.3 is 10.4 Å². The van der Waals surface area contributed by atoms with Gasteiger partial charge < -0.3 is 20.3 Å². The molecule has 4 atom stereocenters. The summed E-state index contributed by atoms with van der Waals surface area (Å²) in [7, 11) is -4.70. The SMILES string of the molecule is O=S(=O)(O)OC[C@H]1O[C@@H](n2cnc3c(NC4CCCCC4)ncnc32)[C@H](O)[C@@H]1O. The second-order valence-corrected chi connectivity index (χ2v) is 8.38. The summed E-state index contributed by atoms with van der Waals surface area (Å²) in [5.41, 5.74) is 0.895. The summed E-state index contributed by atoms with van der Waals surface area (Å²) in [5.74, 6) is 0.583. The molecule has 1 saturated heterocycles. The number of nitrogens with zero attached hydrogens (tertiary/aromatic N) is 4. The lowest BCUT2D eigenvalue weighted by atomic mass is 9.95.